The van der Waals surface area contributed by atoms with Crippen LogP contribution in [0.2, 0.25) is 0 Å². The maximum absolute atomic E-state index is 5.42. The second-order valence-electron chi connectivity index (χ2n) is 5.56. The Hall–Kier alpha value is -2.99. The monoisotopic (exact) mass is 364 g/mol. The van der Waals surface area contributed by atoms with E-state index >= 15 is 0 Å². The van der Waals surface area contributed by atoms with Gasteiger partial charge in [-0.1, -0.05) is 36.4 Å². The summed E-state index contributed by atoms with van der Waals surface area (Å²) in [4.78, 5) is 4.52. The fourth-order valence-electron chi connectivity index (χ4n) is 2.40. The molecule has 6 heteroatoms. The van der Waals surface area contributed by atoms with Crippen molar-refractivity contribution < 1.29 is 4.74 Å². The first-order valence-electron chi connectivity index (χ1n) is 8.39. The minimum Gasteiger partial charge on any atom is -0.494 e. The van der Waals surface area contributed by atoms with Gasteiger partial charge >= 0.3 is 0 Å². The fourth-order valence-corrected chi connectivity index (χ4v) is 2.53. The van der Waals surface area contributed by atoms with Crippen LogP contribution in [-0.2, 0) is 6.54 Å². The van der Waals surface area contributed by atoms with Crippen LogP contribution in [-0.4, -0.2) is 22.9 Å². The van der Waals surface area contributed by atoms with Crippen molar-refractivity contribution in [3.8, 4) is 5.75 Å². The zero-order valence-electron chi connectivity index (χ0n) is 14.5. The van der Waals surface area contributed by atoms with E-state index in [4.69, 9.17) is 17.0 Å². The lowest BCUT2D eigenvalue weighted by molar-refractivity contribution is 0.340. The van der Waals surface area contributed by atoms with Crippen LogP contribution in [0.3, 0.4) is 0 Å². The van der Waals surface area contributed by atoms with Crippen molar-refractivity contribution in [2.45, 2.75) is 13.5 Å². The molecule has 1 heterocycles. The first kappa shape index (κ1) is 17.8. The van der Waals surface area contributed by atoms with Crippen LogP contribution in [0.25, 0.3) is 10.9 Å². The van der Waals surface area contributed by atoms with Gasteiger partial charge in [-0.05, 0) is 49.0 Å². The van der Waals surface area contributed by atoms with E-state index in [0.29, 0.717) is 18.3 Å². The molecule has 0 fully saturated rings. The number of para-hydroxylation sites is 1. The van der Waals surface area contributed by atoms with E-state index in [1.165, 1.54) is 0 Å². The molecule has 3 aromatic rings. The van der Waals surface area contributed by atoms with Crippen LogP contribution in [0, 0.1) is 0 Å². The number of nitrogens with one attached hydrogen (secondary N) is 2. The molecule has 0 saturated carbocycles. The summed E-state index contributed by atoms with van der Waals surface area (Å²) >= 11 is 5.23. The van der Waals surface area contributed by atoms with Crippen LogP contribution in [0.15, 0.2) is 65.8 Å². The van der Waals surface area contributed by atoms with Gasteiger partial charge in [0.25, 0.3) is 0 Å². The number of pyridine rings is 1. The highest BCUT2D eigenvalue weighted by molar-refractivity contribution is 7.80. The summed E-state index contributed by atoms with van der Waals surface area (Å²) in [7, 11) is 0. The Morgan fingerprint density at radius 1 is 1.12 bits per heavy atom. The van der Waals surface area contributed by atoms with E-state index in [-0.39, 0.29) is 0 Å². The Morgan fingerprint density at radius 2 is 1.92 bits per heavy atom. The minimum absolute atomic E-state index is 0.455. The maximum atomic E-state index is 5.42. The van der Waals surface area contributed by atoms with Crippen molar-refractivity contribution in [3.63, 3.8) is 0 Å². The second-order valence-corrected chi connectivity index (χ2v) is 5.97. The number of hydrogen-bond acceptors (Lipinski definition) is 4. The molecule has 0 saturated heterocycles. The molecule has 0 radical (unpaired) electrons. The molecule has 0 atom stereocenters. The number of thiocarbonyl (C=S) groups is 1. The fraction of sp³-hybridized carbons (Fsp3) is 0.150. The Morgan fingerprint density at radius 3 is 2.73 bits per heavy atom. The average molecular weight is 364 g/mol. The van der Waals surface area contributed by atoms with Crippen molar-refractivity contribution in [2.24, 2.45) is 5.10 Å². The average Bonchev–Trinajstić information content (AvgIpc) is 2.67. The van der Waals surface area contributed by atoms with E-state index in [1.54, 1.807) is 6.21 Å². The van der Waals surface area contributed by atoms with Crippen LogP contribution in [0.1, 0.15) is 18.2 Å². The molecule has 3 rings (SSSR count). The van der Waals surface area contributed by atoms with E-state index in [1.807, 2.05) is 67.6 Å². The van der Waals surface area contributed by atoms with E-state index in [9.17, 15) is 0 Å². The van der Waals surface area contributed by atoms with Crippen molar-refractivity contribution in [1.82, 2.24) is 15.7 Å². The molecule has 0 aliphatic heterocycles. The molecule has 0 aliphatic carbocycles. The van der Waals surface area contributed by atoms with Crippen LogP contribution in [0.5, 0.6) is 5.75 Å². The molecule has 26 heavy (non-hydrogen) atoms. The SMILES string of the molecule is CCOc1ccc(CNC(=S)NN=Cc2ccc3ccccc3n2)cc1. The third-order valence-corrected chi connectivity index (χ3v) is 3.91. The van der Waals surface area contributed by atoms with Gasteiger partial charge in [0.05, 0.1) is 24.0 Å². The lowest BCUT2D eigenvalue weighted by atomic mass is 10.2. The molecule has 0 aliphatic rings. The molecule has 2 aromatic carbocycles. The highest BCUT2D eigenvalue weighted by atomic mass is 32.1. The van der Waals surface area contributed by atoms with E-state index in [2.05, 4.69) is 20.8 Å². The van der Waals surface area contributed by atoms with Crippen LogP contribution < -0.4 is 15.5 Å². The first-order chi connectivity index (χ1) is 12.7. The first-order valence-corrected chi connectivity index (χ1v) is 8.80. The summed E-state index contributed by atoms with van der Waals surface area (Å²) in [5, 5.41) is 8.81. The van der Waals surface area contributed by atoms with Gasteiger partial charge in [0.1, 0.15) is 5.75 Å². The molecule has 0 spiro atoms. The van der Waals surface area contributed by atoms with Gasteiger partial charge in [-0.15, -0.1) is 0 Å². The summed E-state index contributed by atoms with van der Waals surface area (Å²) in [5.41, 5.74) is 5.62. The van der Waals surface area contributed by atoms with Gasteiger partial charge in [0, 0.05) is 11.9 Å². The summed E-state index contributed by atoms with van der Waals surface area (Å²) in [6, 6.07) is 19.8. The third kappa shape index (κ3) is 5.00. The number of benzene rings is 2. The lowest BCUT2D eigenvalue weighted by Gasteiger charge is -2.08. The van der Waals surface area contributed by atoms with Gasteiger partial charge in [0.15, 0.2) is 5.11 Å². The number of hydrogen-bond donors (Lipinski definition) is 2. The highest BCUT2D eigenvalue weighted by Gasteiger charge is 1.98. The van der Waals surface area contributed by atoms with Crippen molar-refractivity contribution in [3.05, 3.63) is 71.9 Å². The van der Waals surface area contributed by atoms with Crippen molar-refractivity contribution in [1.29, 1.82) is 0 Å². The molecule has 0 amide bonds. The number of rotatable bonds is 6. The summed E-state index contributed by atoms with van der Waals surface area (Å²) in [6.07, 6.45) is 1.65. The predicted molar refractivity (Wildman–Crippen MR) is 110 cm³/mol. The lowest BCUT2D eigenvalue weighted by Crippen LogP contribution is -2.31. The minimum atomic E-state index is 0.455. The Balaban J connectivity index is 1.49. The summed E-state index contributed by atoms with van der Waals surface area (Å²) in [5.74, 6) is 0.865. The zero-order valence-corrected chi connectivity index (χ0v) is 15.3. The Bertz CT molecular complexity index is 909. The smallest absolute Gasteiger partial charge is 0.187 e. The van der Waals surface area contributed by atoms with Gasteiger partial charge in [-0.25, -0.2) is 4.98 Å². The van der Waals surface area contributed by atoms with Gasteiger partial charge < -0.3 is 10.1 Å². The van der Waals surface area contributed by atoms with E-state index < -0.39 is 0 Å². The number of fused-ring (bicyclic) bond motifs is 1. The Labute approximate surface area is 158 Å². The van der Waals surface area contributed by atoms with E-state index in [0.717, 1.165) is 27.9 Å². The molecule has 132 valence electrons. The predicted octanol–water partition coefficient (Wildman–Crippen LogP) is 3.63. The Kier molecular flexibility index (Phi) is 6.11. The third-order valence-electron chi connectivity index (χ3n) is 3.67. The molecule has 5 nitrogen and oxygen atoms in total. The number of nitrogens with zero attached hydrogens (tertiary/aromatic N) is 2. The quantitative estimate of drug-likeness (QED) is 0.397. The van der Waals surface area contributed by atoms with Crippen molar-refractivity contribution >= 4 is 34.4 Å². The topological polar surface area (TPSA) is 58.5 Å². The summed E-state index contributed by atoms with van der Waals surface area (Å²) in [6.45, 7) is 3.24. The zero-order chi connectivity index (χ0) is 18.2. The number of hydrazone groups is 1. The number of ether oxygens (including phenoxy) is 1. The molecular formula is C20H20N4OS. The largest absolute Gasteiger partial charge is 0.494 e. The van der Waals surface area contributed by atoms with Gasteiger partial charge in [0.2, 0.25) is 0 Å². The molecule has 2 N–H and O–H groups in total. The molecule has 1 aromatic heterocycles. The summed E-state index contributed by atoms with van der Waals surface area (Å²) < 4.78 is 5.42. The highest BCUT2D eigenvalue weighted by Crippen LogP contribution is 2.12. The maximum Gasteiger partial charge on any atom is 0.187 e. The van der Waals surface area contributed by atoms with Crippen LogP contribution in [0.4, 0.5) is 0 Å². The molecule has 0 unspecified atom stereocenters. The standard InChI is InChI=1S/C20H20N4OS/c1-2-25-18-11-7-15(8-12-18)13-21-20(26)24-22-14-17-10-9-16-5-3-4-6-19(16)23-17/h3-12,14H,2,13H2,1H3,(H2,21,24,26). The number of aromatic nitrogens is 1. The van der Waals surface area contributed by atoms with Gasteiger partial charge in [-0.3, -0.25) is 5.43 Å². The molecular weight excluding hydrogens is 344 g/mol. The normalized spacial score (nSPS) is 10.8. The molecule has 0 bridgehead atoms. The van der Waals surface area contributed by atoms with Crippen LogP contribution >= 0.6 is 12.2 Å². The second kappa shape index (κ2) is 8.92. The van der Waals surface area contributed by atoms with Crippen molar-refractivity contribution in [2.75, 3.05) is 6.61 Å². The van der Waals surface area contributed by atoms with Gasteiger partial charge in [-0.2, -0.15) is 5.10 Å².